The van der Waals surface area contributed by atoms with Crippen molar-refractivity contribution in [2.75, 3.05) is 0 Å². The third-order valence-electron chi connectivity index (χ3n) is 5.14. The lowest BCUT2D eigenvalue weighted by Gasteiger charge is -2.20. The van der Waals surface area contributed by atoms with Gasteiger partial charge < -0.3 is 4.74 Å². The van der Waals surface area contributed by atoms with E-state index < -0.39 is 10.0 Å². The Morgan fingerprint density at radius 3 is 2.13 bits per heavy atom. The van der Waals surface area contributed by atoms with Crippen LogP contribution in [-0.4, -0.2) is 24.8 Å². The lowest BCUT2D eigenvalue weighted by molar-refractivity contribution is 0.108. The van der Waals surface area contributed by atoms with E-state index in [1.807, 2.05) is 48.5 Å². The molecule has 0 aliphatic heterocycles. The summed E-state index contributed by atoms with van der Waals surface area (Å²) in [5, 5.41) is -0.109. The van der Waals surface area contributed by atoms with Gasteiger partial charge in [0, 0.05) is 16.9 Å². The molecule has 0 saturated heterocycles. The number of para-hydroxylation sites is 1. The van der Waals surface area contributed by atoms with Crippen LogP contribution < -0.4 is 9.46 Å². The van der Waals surface area contributed by atoms with Gasteiger partial charge in [-0.2, -0.15) is 0 Å². The molecular formula is C24H23NO4S2. The highest BCUT2D eigenvalue weighted by Crippen LogP contribution is 2.33. The first kappa shape index (κ1) is 21.6. The number of carbonyl (C=O) groups is 1. The molecule has 1 aliphatic carbocycles. The highest BCUT2D eigenvalue weighted by molar-refractivity contribution is 8.14. The van der Waals surface area contributed by atoms with Gasteiger partial charge in [-0.3, -0.25) is 4.79 Å². The summed E-state index contributed by atoms with van der Waals surface area (Å²) < 4.78 is 34.4. The van der Waals surface area contributed by atoms with E-state index in [0.29, 0.717) is 23.5 Å². The van der Waals surface area contributed by atoms with Crippen LogP contribution in [0.4, 0.5) is 0 Å². The Kier molecular flexibility index (Phi) is 6.75. The Hall–Kier alpha value is -2.61. The number of hydrogen-bond acceptors (Lipinski definition) is 5. The van der Waals surface area contributed by atoms with Gasteiger partial charge >= 0.3 is 0 Å². The largest absolute Gasteiger partial charge is 0.457 e. The minimum Gasteiger partial charge on any atom is -0.457 e. The first-order valence-electron chi connectivity index (χ1n) is 10.1. The highest BCUT2D eigenvalue weighted by Gasteiger charge is 2.33. The number of ether oxygens (including phenoxy) is 1. The van der Waals surface area contributed by atoms with Crippen LogP contribution in [0.25, 0.3) is 0 Å². The molecule has 160 valence electrons. The lowest BCUT2D eigenvalue weighted by atomic mass is 10.2. The van der Waals surface area contributed by atoms with E-state index in [4.69, 9.17) is 4.74 Å². The van der Waals surface area contributed by atoms with Crippen LogP contribution in [0.1, 0.15) is 29.6 Å². The molecule has 0 amide bonds. The van der Waals surface area contributed by atoms with Crippen molar-refractivity contribution in [3.63, 3.8) is 0 Å². The molecule has 1 N–H and O–H groups in total. The number of sulfonamides is 1. The summed E-state index contributed by atoms with van der Waals surface area (Å²) >= 11 is 1.22. The minimum atomic E-state index is -3.70. The van der Waals surface area contributed by atoms with Gasteiger partial charge in [0.05, 0.1) is 4.90 Å². The topological polar surface area (TPSA) is 72.5 Å². The zero-order valence-electron chi connectivity index (χ0n) is 16.8. The first-order chi connectivity index (χ1) is 15.0. The van der Waals surface area contributed by atoms with Crippen LogP contribution in [0.3, 0.4) is 0 Å². The van der Waals surface area contributed by atoms with Crippen molar-refractivity contribution in [2.24, 2.45) is 0 Å². The number of rotatable bonds is 7. The van der Waals surface area contributed by atoms with Gasteiger partial charge in [0.25, 0.3) is 0 Å². The van der Waals surface area contributed by atoms with Crippen molar-refractivity contribution in [1.29, 1.82) is 0 Å². The molecule has 31 heavy (non-hydrogen) atoms. The maximum atomic E-state index is 12.9. The Morgan fingerprint density at radius 1 is 0.839 bits per heavy atom. The average Bonchev–Trinajstić information content (AvgIpc) is 3.21. The van der Waals surface area contributed by atoms with Crippen molar-refractivity contribution in [3.05, 3.63) is 90.5 Å². The van der Waals surface area contributed by atoms with Crippen molar-refractivity contribution in [2.45, 2.75) is 35.4 Å². The van der Waals surface area contributed by atoms with Gasteiger partial charge in [-0.1, -0.05) is 66.7 Å². The van der Waals surface area contributed by atoms with Gasteiger partial charge in [0.2, 0.25) is 15.1 Å². The number of benzene rings is 3. The predicted octanol–water partition coefficient (Wildman–Crippen LogP) is 5.25. The molecule has 7 heteroatoms. The second kappa shape index (κ2) is 9.68. The molecule has 0 bridgehead atoms. The first-order valence-corrected chi connectivity index (χ1v) is 12.5. The van der Waals surface area contributed by atoms with Crippen LogP contribution in [0.5, 0.6) is 11.5 Å². The number of thioether (sulfide) groups is 1. The van der Waals surface area contributed by atoms with Crippen LogP contribution in [0.15, 0.2) is 89.8 Å². The van der Waals surface area contributed by atoms with E-state index in [0.717, 1.165) is 12.8 Å². The monoisotopic (exact) mass is 453 g/mol. The molecule has 4 rings (SSSR count). The Morgan fingerprint density at radius 2 is 1.45 bits per heavy atom. The molecule has 0 unspecified atom stereocenters. The molecule has 3 aromatic rings. The quantitative estimate of drug-likeness (QED) is 0.529. The highest BCUT2D eigenvalue weighted by atomic mass is 32.2. The van der Waals surface area contributed by atoms with Gasteiger partial charge in [-0.25, -0.2) is 13.1 Å². The number of hydrogen-bond donors (Lipinski definition) is 1. The third kappa shape index (κ3) is 5.55. The lowest BCUT2D eigenvalue weighted by Crippen LogP contribution is -2.39. The minimum absolute atomic E-state index is 0.0286. The average molecular weight is 454 g/mol. The second-order valence-electron chi connectivity index (χ2n) is 7.35. The summed E-state index contributed by atoms with van der Waals surface area (Å²) in [6.07, 6.45) is 2.41. The van der Waals surface area contributed by atoms with Gasteiger partial charge in [-0.15, -0.1) is 0 Å². The fourth-order valence-electron chi connectivity index (χ4n) is 3.56. The molecule has 0 radical (unpaired) electrons. The Labute approximate surface area is 186 Å². The second-order valence-corrected chi connectivity index (χ2v) is 10.3. The van der Waals surface area contributed by atoms with Crippen LogP contribution >= 0.6 is 11.8 Å². The van der Waals surface area contributed by atoms with E-state index in [2.05, 4.69) is 4.72 Å². The van der Waals surface area contributed by atoms with Gasteiger partial charge in [0.15, 0.2) is 0 Å². The van der Waals surface area contributed by atoms with Gasteiger partial charge in [0.1, 0.15) is 11.5 Å². The Balaban J connectivity index is 1.41. The van der Waals surface area contributed by atoms with Crippen LogP contribution in [-0.2, 0) is 10.0 Å². The maximum absolute atomic E-state index is 12.9. The zero-order valence-corrected chi connectivity index (χ0v) is 18.4. The molecule has 0 heterocycles. The SMILES string of the molecule is O=C(S[C@@H]1CCC[C@H]1NS(=O)(=O)c1ccc(Oc2ccccc2)cc1)c1ccccc1. The van der Waals surface area contributed by atoms with Crippen LogP contribution in [0, 0.1) is 0 Å². The summed E-state index contributed by atoms with van der Waals surface area (Å²) in [7, 11) is -3.70. The normalized spacial score (nSPS) is 18.6. The summed E-state index contributed by atoms with van der Waals surface area (Å²) in [5.41, 5.74) is 0.634. The summed E-state index contributed by atoms with van der Waals surface area (Å²) in [6.45, 7) is 0. The third-order valence-corrected chi connectivity index (χ3v) is 7.96. The van der Waals surface area contributed by atoms with Gasteiger partial charge in [-0.05, 0) is 49.2 Å². The maximum Gasteiger partial charge on any atom is 0.240 e. The van der Waals surface area contributed by atoms with E-state index in [9.17, 15) is 13.2 Å². The molecule has 1 aliphatic rings. The van der Waals surface area contributed by atoms with Crippen molar-refractivity contribution >= 4 is 26.9 Å². The predicted molar refractivity (Wildman–Crippen MR) is 123 cm³/mol. The van der Waals surface area contributed by atoms with E-state index in [1.165, 1.54) is 23.9 Å². The molecule has 2 atom stereocenters. The molecule has 5 nitrogen and oxygen atoms in total. The Bertz CT molecular complexity index is 1120. The number of nitrogens with one attached hydrogen (secondary N) is 1. The van der Waals surface area contributed by atoms with Crippen molar-refractivity contribution < 1.29 is 17.9 Å². The molecular weight excluding hydrogens is 430 g/mol. The van der Waals surface area contributed by atoms with Crippen molar-refractivity contribution in [3.8, 4) is 11.5 Å². The van der Waals surface area contributed by atoms with E-state index >= 15 is 0 Å². The summed E-state index contributed by atoms with van der Waals surface area (Å²) in [5.74, 6) is 1.25. The molecule has 0 spiro atoms. The molecule has 1 fully saturated rings. The molecule has 3 aromatic carbocycles. The fourth-order valence-corrected chi connectivity index (χ4v) is 6.16. The zero-order chi connectivity index (χ0) is 21.7. The van der Waals surface area contributed by atoms with E-state index in [1.54, 1.807) is 24.3 Å². The summed E-state index contributed by atoms with van der Waals surface area (Å²) in [4.78, 5) is 12.7. The summed E-state index contributed by atoms with van der Waals surface area (Å²) in [6, 6.07) is 24.5. The van der Waals surface area contributed by atoms with E-state index in [-0.39, 0.29) is 21.3 Å². The standard InChI is InChI=1S/C24H23NO4S2/c26-24(18-8-3-1-4-9-18)30-23-13-7-12-22(23)25-31(27,28)21-16-14-20(15-17-21)29-19-10-5-2-6-11-19/h1-6,8-11,14-17,22-23,25H,7,12-13H2/t22-,23-/m1/s1. The molecule has 0 aromatic heterocycles. The molecule has 1 saturated carbocycles. The van der Waals surface area contributed by atoms with Crippen molar-refractivity contribution in [1.82, 2.24) is 4.72 Å². The smallest absolute Gasteiger partial charge is 0.240 e. The number of carbonyl (C=O) groups excluding carboxylic acids is 1. The van der Waals surface area contributed by atoms with Crippen LogP contribution in [0.2, 0.25) is 0 Å². The fraction of sp³-hybridized carbons (Fsp3) is 0.208.